The maximum Gasteiger partial charge on any atom is 0.323 e. The van der Waals surface area contributed by atoms with Gasteiger partial charge in [0, 0.05) is 17.2 Å². The van der Waals surface area contributed by atoms with E-state index in [0.717, 1.165) is 12.6 Å². The van der Waals surface area contributed by atoms with E-state index in [4.69, 9.17) is 5.11 Å². The Labute approximate surface area is 106 Å². The second kappa shape index (κ2) is 4.60. The van der Waals surface area contributed by atoms with Gasteiger partial charge in [-0.15, -0.1) is 0 Å². The van der Waals surface area contributed by atoms with Gasteiger partial charge in [-0.3, -0.25) is 14.6 Å². The van der Waals surface area contributed by atoms with Crippen LogP contribution in [0.1, 0.15) is 33.4 Å². The molecule has 0 aliphatic carbocycles. The second-order valence-electron chi connectivity index (χ2n) is 5.04. The van der Waals surface area contributed by atoms with Crippen LogP contribution < -0.4 is 4.72 Å². The van der Waals surface area contributed by atoms with Crippen molar-refractivity contribution in [2.45, 2.75) is 38.4 Å². The van der Waals surface area contributed by atoms with E-state index in [0.29, 0.717) is 0 Å². The first-order valence-electron chi connectivity index (χ1n) is 5.34. The van der Waals surface area contributed by atoms with Crippen molar-refractivity contribution >= 4 is 21.8 Å². The molecule has 1 aromatic rings. The summed E-state index contributed by atoms with van der Waals surface area (Å²) >= 11 is 0. The van der Waals surface area contributed by atoms with Crippen LogP contribution in [0.15, 0.2) is 6.07 Å². The lowest BCUT2D eigenvalue weighted by atomic mass is 9.92. The Bertz CT molecular complexity index is 542. The number of aromatic nitrogens is 2. The molecule has 0 bridgehead atoms. The molecule has 7 nitrogen and oxygen atoms in total. The van der Waals surface area contributed by atoms with E-state index in [9.17, 15) is 13.2 Å². The summed E-state index contributed by atoms with van der Waals surface area (Å²) in [4.78, 5) is 10.7. The maximum atomic E-state index is 11.7. The topological polar surface area (TPSA) is 112 Å². The lowest BCUT2D eigenvalue weighted by Gasteiger charge is -2.14. The summed E-state index contributed by atoms with van der Waals surface area (Å²) in [7, 11) is -3.98. The van der Waals surface area contributed by atoms with Gasteiger partial charge in [-0.2, -0.15) is 5.10 Å². The number of H-pyrrole nitrogens is 1. The molecule has 0 aliphatic heterocycles. The van der Waals surface area contributed by atoms with Crippen molar-refractivity contribution in [3.63, 3.8) is 0 Å². The zero-order valence-corrected chi connectivity index (χ0v) is 11.5. The zero-order chi connectivity index (χ0) is 14.1. The summed E-state index contributed by atoms with van der Waals surface area (Å²) in [6.45, 7) is 6.93. The number of carboxylic acids is 1. The van der Waals surface area contributed by atoms with Gasteiger partial charge in [0.2, 0.25) is 10.0 Å². The third-order valence-electron chi connectivity index (χ3n) is 2.45. The molecule has 102 valence electrons. The van der Waals surface area contributed by atoms with Crippen molar-refractivity contribution < 1.29 is 18.3 Å². The van der Waals surface area contributed by atoms with Crippen LogP contribution in [0, 0.1) is 0 Å². The fourth-order valence-electron chi connectivity index (χ4n) is 1.13. The molecule has 0 aliphatic rings. The largest absolute Gasteiger partial charge is 0.480 e. The number of carboxylic acid groups (broad SMARTS) is 1. The fraction of sp³-hybridized carbons (Fsp3) is 0.600. The number of hydrogen-bond acceptors (Lipinski definition) is 4. The Kier molecular flexibility index (Phi) is 3.70. The average Bonchev–Trinajstić information content (AvgIpc) is 2.63. The number of aliphatic carboxylic acids is 1. The van der Waals surface area contributed by atoms with Crippen LogP contribution in [0.25, 0.3) is 0 Å². The Morgan fingerprint density at radius 2 is 2.06 bits per heavy atom. The molecule has 1 heterocycles. The van der Waals surface area contributed by atoms with Gasteiger partial charge in [-0.25, -0.2) is 8.42 Å². The second-order valence-corrected chi connectivity index (χ2v) is 7.05. The number of nitrogens with zero attached hydrogens (tertiary/aromatic N) is 1. The molecular formula is C10H17N3O4S. The number of nitrogens with one attached hydrogen (secondary N) is 2. The van der Waals surface area contributed by atoms with Crippen LogP contribution in [0.3, 0.4) is 0 Å². The normalized spacial score (nSPS) is 14.2. The monoisotopic (exact) mass is 275 g/mol. The Morgan fingerprint density at radius 1 is 1.50 bits per heavy atom. The van der Waals surface area contributed by atoms with Gasteiger partial charge in [0.05, 0.1) is 0 Å². The highest BCUT2D eigenvalue weighted by Crippen LogP contribution is 2.22. The molecule has 3 N–H and O–H groups in total. The lowest BCUT2D eigenvalue weighted by molar-refractivity contribution is -0.136. The molecule has 8 heteroatoms. The molecule has 0 saturated carbocycles. The molecule has 0 saturated heterocycles. The van der Waals surface area contributed by atoms with Gasteiger partial charge < -0.3 is 5.11 Å². The minimum atomic E-state index is -3.98. The van der Waals surface area contributed by atoms with Crippen molar-refractivity contribution in [2.75, 3.05) is 4.72 Å². The van der Waals surface area contributed by atoms with E-state index in [-0.39, 0.29) is 11.2 Å². The average molecular weight is 275 g/mol. The molecule has 0 fully saturated rings. The third kappa shape index (κ3) is 3.22. The van der Waals surface area contributed by atoms with Crippen LogP contribution in [0.2, 0.25) is 0 Å². The third-order valence-corrected chi connectivity index (χ3v) is 4.07. The quantitative estimate of drug-likeness (QED) is 0.756. The van der Waals surface area contributed by atoms with E-state index in [1.54, 1.807) is 6.07 Å². The number of sulfonamides is 1. The highest BCUT2D eigenvalue weighted by molar-refractivity contribution is 7.94. The van der Waals surface area contributed by atoms with E-state index < -0.39 is 21.2 Å². The molecule has 0 radical (unpaired) electrons. The Balaban J connectivity index is 2.93. The number of rotatable bonds is 4. The first kappa shape index (κ1) is 14.5. The predicted octanol–water partition coefficient (Wildman–Crippen LogP) is 0.922. The molecule has 0 amide bonds. The SMILES string of the molecule is CC(C(=O)O)S(=O)(=O)Nc1cc(C(C)(C)C)[nH]n1. The molecule has 1 unspecified atom stereocenters. The van der Waals surface area contributed by atoms with Gasteiger partial charge in [-0.1, -0.05) is 20.8 Å². The van der Waals surface area contributed by atoms with Crippen molar-refractivity contribution in [2.24, 2.45) is 0 Å². The number of carbonyl (C=O) groups is 1. The summed E-state index contributed by atoms with van der Waals surface area (Å²) in [5, 5.41) is 13.7. The zero-order valence-electron chi connectivity index (χ0n) is 10.7. The van der Waals surface area contributed by atoms with E-state index >= 15 is 0 Å². The maximum absolute atomic E-state index is 11.7. The van der Waals surface area contributed by atoms with Gasteiger partial charge in [-0.05, 0) is 6.92 Å². The summed E-state index contributed by atoms with van der Waals surface area (Å²) < 4.78 is 25.4. The molecule has 1 aromatic heterocycles. The minimum Gasteiger partial charge on any atom is -0.480 e. The standard InChI is InChI=1S/C10H17N3O4S/c1-6(9(14)15)18(16,17)13-8-5-7(11-12-8)10(2,3)4/h5-6H,1-4H3,(H,14,15)(H2,11,12,13). The Hall–Kier alpha value is -1.57. The van der Waals surface area contributed by atoms with Crippen LogP contribution in [0.5, 0.6) is 0 Å². The van der Waals surface area contributed by atoms with Crippen molar-refractivity contribution in [1.82, 2.24) is 10.2 Å². The van der Waals surface area contributed by atoms with E-state index in [2.05, 4.69) is 14.9 Å². The summed E-state index contributed by atoms with van der Waals surface area (Å²) in [6, 6.07) is 1.55. The Morgan fingerprint density at radius 3 is 2.44 bits per heavy atom. The number of hydrogen-bond donors (Lipinski definition) is 3. The first-order chi connectivity index (χ1) is 8.04. The first-order valence-corrected chi connectivity index (χ1v) is 6.89. The molecule has 0 aromatic carbocycles. The number of anilines is 1. The van der Waals surface area contributed by atoms with E-state index in [1.807, 2.05) is 20.8 Å². The van der Waals surface area contributed by atoms with Gasteiger partial charge in [0.25, 0.3) is 0 Å². The summed E-state index contributed by atoms with van der Waals surface area (Å²) in [5.74, 6) is -1.32. The molecule has 18 heavy (non-hydrogen) atoms. The van der Waals surface area contributed by atoms with Crippen LogP contribution in [-0.4, -0.2) is 34.9 Å². The van der Waals surface area contributed by atoms with Crippen LogP contribution in [-0.2, 0) is 20.2 Å². The smallest absolute Gasteiger partial charge is 0.323 e. The molecule has 0 spiro atoms. The van der Waals surface area contributed by atoms with Gasteiger partial charge in [0.15, 0.2) is 11.1 Å². The van der Waals surface area contributed by atoms with Crippen molar-refractivity contribution in [3.8, 4) is 0 Å². The molecular weight excluding hydrogens is 258 g/mol. The van der Waals surface area contributed by atoms with Crippen LogP contribution in [0.4, 0.5) is 5.82 Å². The highest BCUT2D eigenvalue weighted by atomic mass is 32.2. The lowest BCUT2D eigenvalue weighted by Crippen LogP contribution is -2.32. The van der Waals surface area contributed by atoms with Gasteiger partial charge >= 0.3 is 5.97 Å². The van der Waals surface area contributed by atoms with E-state index in [1.165, 1.54) is 0 Å². The van der Waals surface area contributed by atoms with Crippen LogP contribution >= 0.6 is 0 Å². The molecule has 1 atom stereocenters. The highest BCUT2D eigenvalue weighted by Gasteiger charge is 2.28. The summed E-state index contributed by atoms with van der Waals surface area (Å²) in [6.07, 6.45) is 0. The minimum absolute atomic E-state index is 0.0908. The fourth-order valence-corrected chi connectivity index (χ4v) is 1.96. The molecule has 1 rings (SSSR count). The van der Waals surface area contributed by atoms with Crippen molar-refractivity contribution in [3.05, 3.63) is 11.8 Å². The summed E-state index contributed by atoms with van der Waals surface area (Å²) in [5.41, 5.74) is 0.554. The predicted molar refractivity (Wildman–Crippen MR) is 66.9 cm³/mol. The van der Waals surface area contributed by atoms with Crippen molar-refractivity contribution in [1.29, 1.82) is 0 Å². The number of aromatic amines is 1. The van der Waals surface area contributed by atoms with Gasteiger partial charge in [0.1, 0.15) is 0 Å².